The minimum atomic E-state index is -0.656. The lowest BCUT2D eigenvalue weighted by molar-refractivity contribution is 0.102. The molecule has 1 heterocycles. The molecule has 4 nitrogen and oxygen atoms in total. The Labute approximate surface area is 155 Å². The highest BCUT2D eigenvalue weighted by molar-refractivity contribution is 6.09. The van der Waals surface area contributed by atoms with E-state index in [1.807, 2.05) is 60.7 Å². The van der Waals surface area contributed by atoms with Gasteiger partial charge in [-0.05, 0) is 29.5 Å². The molecule has 0 aliphatic heterocycles. The van der Waals surface area contributed by atoms with Gasteiger partial charge in [-0.3, -0.25) is 4.79 Å². The Bertz CT molecular complexity index is 1230. The number of amides is 1. The van der Waals surface area contributed by atoms with Gasteiger partial charge in [0.15, 0.2) is 0 Å². The van der Waals surface area contributed by atoms with Gasteiger partial charge in [-0.25, -0.2) is 4.79 Å². The fourth-order valence-corrected chi connectivity index (χ4v) is 3.20. The maximum Gasteiger partial charge on any atom is 0.349 e. The molecule has 0 aliphatic carbocycles. The van der Waals surface area contributed by atoms with Gasteiger partial charge in [0.2, 0.25) is 0 Å². The monoisotopic (exact) mass is 355 g/mol. The van der Waals surface area contributed by atoms with Gasteiger partial charge >= 0.3 is 5.63 Å². The molecule has 132 valence electrons. The van der Waals surface area contributed by atoms with Crippen LogP contribution < -0.4 is 10.9 Å². The van der Waals surface area contributed by atoms with E-state index >= 15 is 0 Å². The predicted molar refractivity (Wildman–Crippen MR) is 108 cm³/mol. The van der Waals surface area contributed by atoms with Crippen molar-refractivity contribution in [2.24, 2.45) is 0 Å². The van der Waals surface area contributed by atoms with Crippen molar-refractivity contribution in [1.82, 2.24) is 0 Å². The van der Waals surface area contributed by atoms with Crippen LogP contribution in [0.1, 0.15) is 15.9 Å². The Morgan fingerprint density at radius 3 is 2.59 bits per heavy atom. The quantitative estimate of drug-likeness (QED) is 0.417. The van der Waals surface area contributed by atoms with Gasteiger partial charge in [-0.15, -0.1) is 6.58 Å². The molecule has 4 heteroatoms. The topological polar surface area (TPSA) is 59.3 Å². The van der Waals surface area contributed by atoms with Crippen molar-refractivity contribution >= 4 is 33.3 Å². The molecule has 27 heavy (non-hydrogen) atoms. The van der Waals surface area contributed by atoms with E-state index in [4.69, 9.17) is 4.42 Å². The Morgan fingerprint density at radius 2 is 1.74 bits per heavy atom. The van der Waals surface area contributed by atoms with E-state index in [9.17, 15) is 9.59 Å². The molecule has 0 fully saturated rings. The SMILES string of the molecule is C=CCc1cccc2cc(C(=O)Nc3cccc4ccccc34)c(=O)oc12. The Balaban J connectivity index is 1.75. The first-order valence-corrected chi connectivity index (χ1v) is 8.63. The standard InChI is InChI=1S/C23H17NO3/c1-2-7-16-10-5-11-17-14-19(23(26)27-21(16)17)22(25)24-20-13-6-9-15-8-3-4-12-18(15)20/h2-6,8-14H,1,7H2,(H,24,25). The molecule has 0 spiro atoms. The van der Waals surface area contributed by atoms with Crippen LogP contribution in [0.25, 0.3) is 21.7 Å². The molecule has 0 saturated heterocycles. The lowest BCUT2D eigenvalue weighted by Gasteiger charge is -2.09. The number of para-hydroxylation sites is 1. The second-order valence-electron chi connectivity index (χ2n) is 6.26. The molecule has 0 saturated carbocycles. The van der Waals surface area contributed by atoms with E-state index in [0.717, 1.165) is 16.3 Å². The number of carbonyl (C=O) groups is 1. The molecule has 4 aromatic rings. The van der Waals surface area contributed by atoms with E-state index < -0.39 is 11.5 Å². The highest BCUT2D eigenvalue weighted by Crippen LogP contribution is 2.24. The summed E-state index contributed by atoms with van der Waals surface area (Å²) in [5.74, 6) is -0.490. The number of hydrogen-bond donors (Lipinski definition) is 1. The van der Waals surface area contributed by atoms with Crippen LogP contribution in [-0.4, -0.2) is 5.91 Å². The Hall–Kier alpha value is -3.66. The van der Waals surface area contributed by atoms with Crippen LogP contribution in [0.5, 0.6) is 0 Å². The number of allylic oxidation sites excluding steroid dienone is 1. The summed E-state index contributed by atoms with van der Waals surface area (Å²) in [6.45, 7) is 3.72. The zero-order valence-electron chi connectivity index (χ0n) is 14.6. The van der Waals surface area contributed by atoms with Crippen LogP contribution >= 0.6 is 0 Å². The highest BCUT2D eigenvalue weighted by Gasteiger charge is 2.16. The maximum absolute atomic E-state index is 12.7. The summed E-state index contributed by atoms with van der Waals surface area (Å²) in [5, 5.41) is 5.46. The van der Waals surface area contributed by atoms with Crippen molar-refractivity contribution in [1.29, 1.82) is 0 Å². The molecule has 1 amide bonds. The summed E-state index contributed by atoms with van der Waals surface area (Å²) in [7, 11) is 0. The fraction of sp³-hybridized carbons (Fsp3) is 0.0435. The van der Waals surface area contributed by atoms with Crippen LogP contribution in [0.4, 0.5) is 5.69 Å². The molecular formula is C23H17NO3. The molecule has 0 bridgehead atoms. The Kier molecular flexibility index (Phi) is 4.30. The third-order valence-electron chi connectivity index (χ3n) is 4.49. The van der Waals surface area contributed by atoms with Crippen LogP contribution in [0.2, 0.25) is 0 Å². The fourth-order valence-electron chi connectivity index (χ4n) is 3.20. The van der Waals surface area contributed by atoms with Crippen LogP contribution in [0.15, 0.2) is 88.6 Å². The van der Waals surface area contributed by atoms with E-state index in [1.165, 1.54) is 0 Å². The maximum atomic E-state index is 12.7. The van der Waals surface area contributed by atoms with Gasteiger partial charge in [0, 0.05) is 16.5 Å². The lowest BCUT2D eigenvalue weighted by Crippen LogP contribution is -2.21. The van der Waals surface area contributed by atoms with Gasteiger partial charge in [0.25, 0.3) is 5.91 Å². The molecule has 0 atom stereocenters. The minimum absolute atomic E-state index is 0.0220. The minimum Gasteiger partial charge on any atom is -0.422 e. The number of anilines is 1. The number of rotatable bonds is 4. The highest BCUT2D eigenvalue weighted by atomic mass is 16.4. The second kappa shape index (κ2) is 6.92. The zero-order chi connectivity index (χ0) is 18.8. The third kappa shape index (κ3) is 3.13. The number of carbonyl (C=O) groups excluding carboxylic acids is 1. The molecule has 0 aliphatic rings. The van der Waals surface area contributed by atoms with E-state index in [0.29, 0.717) is 23.1 Å². The Morgan fingerprint density at radius 1 is 1.00 bits per heavy atom. The number of fused-ring (bicyclic) bond motifs is 2. The van der Waals surface area contributed by atoms with Crippen molar-refractivity contribution in [2.75, 3.05) is 5.32 Å². The average molecular weight is 355 g/mol. The largest absolute Gasteiger partial charge is 0.422 e. The van der Waals surface area contributed by atoms with E-state index in [1.54, 1.807) is 12.1 Å². The third-order valence-corrected chi connectivity index (χ3v) is 4.49. The number of benzene rings is 3. The lowest BCUT2D eigenvalue weighted by atomic mass is 10.1. The van der Waals surface area contributed by atoms with E-state index in [-0.39, 0.29) is 5.56 Å². The molecule has 1 N–H and O–H groups in total. The second-order valence-corrected chi connectivity index (χ2v) is 6.26. The van der Waals surface area contributed by atoms with Crippen molar-refractivity contribution in [3.05, 3.63) is 101 Å². The molecule has 0 unspecified atom stereocenters. The van der Waals surface area contributed by atoms with Gasteiger partial charge in [-0.1, -0.05) is 60.7 Å². The molecule has 3 aromatic carbocycles. The molecule has 1 aromatic heterocycles. The van der Waals surface area contributed by atoms with Crippen molar-refractivity contribution in [2.45, 2.75) is 6.42 Å². The van der Waals surface area contributed by atoms with Gasteiger partial charge < -0.3 is 9.73 Å². The summed E-state index contributed by atoms with van der Waals surface area (Å²) >= 11 is 0. The zero-order valence-corrected chi connectivity index (χ0v) is 14.6. The van der Waals surface area contributed by atoms with Gasteiger partial charge in [0.05, 0.1) is 0 Å². The summed E-state index contributed by atoms with van der Waals surface area (Å²) in [6.07, 6.45) is 2.33. The first-order valence-electron chi connectivity index (χ1n) is 8.63. The molecule has 4 rings (SSSR count). The normalized spacial score (nSPS) is 10.8. The smallest absolute Gasteiger partial charge is 0.349 e. The van der Waals surface area contributed by atoms with Crippen molar-refractivity contribution < 1.29 is 9.21 Å². The predicted octanol–water partition coefficient (Wildman–Crippen LogP) is 4.93. The molecular weight excluding hydrogens is 338 g/mol. The first-order chi connectivity index (χ1) is 13.2. The summed E-state index contributed by atoms with van der Waals surface area (Å²) < 4.78 is 5.46. The first kappa shape index (κ1) is 16.8. The van der Waals surface area contributed by atoms with Crippen LogP contribution in [0, 0.1) is 0 Å². The number of hydrogen-bond acceptors (Lipinski definition) is 3. The van der Waals surface area contributed by atoms with Crippen LogP contribution in [0.3, 0.4) is 0 Å². The summed E-state index contributed by atoms with van der Waals surface area (Å²) in [5.41, 5.74) is 1.32. The summed E-state index contributed by atoms with van der Waals surface area (Å²) in [4.78, 5) is 25.2. The van der Waals surface area contributed by atoms with Crippen molar-refractivity contribution in [3.8, 4) is 0 Å². The summed E-state index contributed by atoms with van der Waals surface area (Å²) in [6, 6.07) is 20.5. The van der Waals surface area contributed by atoms with E-state index in [2.05, 4.69) is 11.9 Å². The number of nitrogens with one attached hydrogen (secondary N) is 1. The van der Waals surface area contributed by atoms with Gasteiger partial charge in [-0.2, -0.15) is 0 Å². The molecule has 0 radical (unpaired) electrons. The van der Waals surface area contributed by atoms with Gasteiger partial charge in [0.1, 0.15) is 11.1 Å². The average Bonchev–Trinajstić information content (AvgIpc) is 2.68. The van der Waals surface area contributed by atoms with Crippen molar-refractivity contribution in [3.63, 3.8) is 0 Å². The van der Waals surface area contributed by atoms with Crippen LogP contribution in [-0.2, 0) is 6.42 Å².